The first-order chi connectivity index (χ1) is 9.45. The Balaban J connectivity index is 2.03. The molecule has 7 heteroatoms. The summed E-state index contributed by atoms with van der Waals surface area (Å²) in [6, 6.07) is 1.65. The van der Waals surface area contributed by atoms with E-state index < -0.39 is 10.0 Å². The molecule has 0 bridgehead atoms. The zero-order valence-electron chi connectivity index (χ0n) is 12.0. The summed E-state index contributed by atoms with van der Waals surface area (Å²) in [5, 5.41) is 9.18. The second-order valence-corrected chi connectivity index (χ2v) is 8.61. The van der Waals surface area contributed by atoms with E-state index in [1.807, 2.05) is 6.92 Å². The average molecular weight is 318 g/mol. The van der Waals surface area contributed by atoms with Crippen LogP contribution in [0.4, 0.5) is 0 Å². The summed E-state index contributed by atoms with van der Waals surface area (Å²) in [6.07, 6.45) is 2.42. The van der Waals surface area contributed by atoms with Gasteiger partial charge in [0.2, 0.25) is 0 Å². The molecule has 0 radical (unpaired) electrons. The molecule has 114 valence electrons. The van der Waals surface area contributed by atoms with Crippen molar-refractivity contribution in [3.8, 4) is 0 Å². The third kappa shape index (κ3) is 3.40. The number of aliphatic hydroxyl groups excluding tert-OH is 1. The highest BCUT2D eigenvalue weighted by Crippen LogP contribution is 2.28. The Hall–Kier alpha value is -0.470. The lowest BCUT2D eigenvalue weighted by molar-refractivity contribution is 0.285. The van der Waals surface area contributed by atoms with Gasteiger partial charge in [-0.3, -0.25) is 0 Å². The summed E-state index contributed by atoms with van der Waals surface area (Å²) in [5.41, 5.74) is 0.837. The number of aryl methyl sites for hydroxylation is 1. The van der Waals surface area contributed by atoms with E-state index in [0.29, 0.717) is 10.8 Å². The summed E-state index contributed by atoms with van der Waals surface area (Å²) in [7, 11) is -1.80. The van der Waals surface area contributed by atoms with Gasteiger partial charge in [-0.1, -0.05) is 0 Å². The van der Waals surface area contributed by atoms with Gasteiger partial charge >= 0.3 is 0 Å². The molecule has 1 N–H and O–H groups in total. The van der Waals surface area contributed by atoms with Crippen molar-refractivity contribution in [3.63, 3.8) is 0 Å². The quantitative estimate of drug-likeness (QED) is 0.858. The monoisotopic (exact) mass is 318 g/mol. The van der Waals surface area contributed by atoms with E-state index in [1.54, 1.807) is 13.1 Å². The summed E-state index contributed by atoms with van der Waals surface area (Å²) in [6.45, 7) is 5.15. The maximum absolute atomic E-state index is 12.5. The van der Waals surface area contributed by atoms with Gasteiger partial charge in [-0.05, 0) is 44.5 Å². The Morgan fingerprint density at radius 1 is 1.40 bits per heavy atom. The topological polar surface area (TPSA) is 60.9 Å². The van der Waals surface area contributed by atoms with E-state index in [9.17, 15) is 13.5 Å². The molecule has 1 saturated heterocycles. The Bertz CT molecular complexity index is 548. The number of nitrogens with zero attached hydrogens (tertiary/aromatic N) is 2. The lowest BCUT2D eigenvalue weighted by Gasteiger charge is -2.20. The Morgan fingerprint density at radius 3 is 2.60 bits per heavy atom. The van der Waals surface area contributed by atoms with Crippen LogP contribution in [0.5, 0.6) is 0 Å². The van der Waals surface area contributed by atoms with Gasteiger partial charge in [0.05, 0.1) is 6.61 Å². The molecule has 0 aromatic carbocycles. The molecule has 2 heterocycles. The predicted molar refractivity (Wildman–Crippen MR) is 80.5 cm³/mol. The van der Waals surface area contributed by atoms with E-state index >= 15 is 0 Å². The normalized spacial score (nSPS) is 17.2. The van der Waals surface area contributed by atoms with Crippen LogP contribution in [0.15, 0.2) is 10.3 Å². The van der Waals surface area contributed by atoms with Gasteiger partial charge in [0, 0.05) is 25.0 Å². The fourth-order valence-electron chi connectivity index (χ4n) is 2.33. The zero-order valence-corrected chi connectivity index (χ0v) is 13.6. The van der Waals surface area contributed by atoms with Gasteiger partial charge in [-0.25, -0.2) is 8.42 Å². The minimum Gasteiger partial charge on any atom is -0.391 e. The standard InChI is InChI=1S/C13H22N2O3S2/c1-11-9-13(19-12(11)10-16)20(17,18)14(2)7-8-15-5-3-4-6-15/h9,16H,3-8,10H2,1-2H3. The maximum atomic E-state index is 12.5. The Labute approximate surface area is 124 Å². The molecular weight excluding hydrogens is 296 g/mol. The van der Waals surface area contributed by atoms with Crippen molar-refractivity contribution in [3.05, 3.63) is 16.5 Å². The summed E-state index contributed by atoms with van der Waals surface area (Å²) >= 11 is 1.16. The fourth-order valence-corrected chi connectivity index (χ4v) is 5.16. The first-order valence-electron chi connectivity index (χ1n) is 6.84. The SMILES string of the molecule is Cc1cc(S(=O)(=O)N(C)CCN2CCCC2)sc1CO. The van der Waals surface area contributed by atoms with E-state index in [0.717, 1.165) is 41.4 Å². The molecule has 0 spiro atoms. The number of aliphatic hydroxyl groups is 1. The van der Waals surface area contributed by atoms with Gasteiger partial charge < -0.3 is 10.0 Å². The third-order valence-electron chi connectivity index (χ3n) is 3.74. The van der Waals surface area contributed by atoms with Crippen LogP contribution < -0.4 is 0 Å². The van der Waals surface area contributed by atoms with Gasteiger partial charge in [-0.2, -0.15) is 4.31 Å². The molecule has 1 aliphatic rings. The molecule has 0 aliphatic carbocycles. The lowest BCUT2D eigenvalue weighted by atomic mass is 10.3. The van der Waals surface area contributed by atoms with Crippen molar-refractivity contribution in [2.45, 2.75) is 30.6 Å². The van der Waals surface area contributed by atoms with E-state index in [-0.39, 0.29) is 6.61 Å². The summed E-state index contributed by atoms with van der Waals surface area (Å²) < 4.78 is 26.6. The number of hydrogen-bond acceptors (Lipinski definition) is 5. The molecular formula is C13H22N2O3S2. The molecule has 5 nitrogen and oxygen atoms in total. The van der Waals surface area contributed by atoms with Crippen LogP contribution in [-0.4, -0.2) is 56.0 Å². The number of rotatable bonds is 6. The summed E-state index contributed by atoms with van der Waals surface area (Å²) in [5.74, 6) is 0. The highest BCUT2D eigenvalue weighted by molar-refractivity contribution is 7.91. The fraction of sp³-hybridized carbons (Fsp3) is 0.692. The van der Waals surface area contributed by atoms with Gasteiger partial charge in [0.25, 0.3) is 10.0 Å². The largest absolute Gasteiger partial charge is 0.391 e. The molecule has 1 aromatic rings. The van der Waals surface area contributed by atoms with Crippen molar-refractivity contribution in [1.29, 1.82) is 0 Å². The van der Waals surface area contributed by atoms with Crippen LogP contribution in [0.25, 0.3) is 0 Å². The van der Waals surface area contributed by atoms with Crippen molar-refractivity contribution in [2.75, 3.05) is 33.2 Å². The molecule has 2 rings (SSSR count). The lowest BCUT2D eigenvalue weighted by Crippen LogP contribution is -2.34. The highest BCUT2D eigenvalue weighted by Gasteiger charge is 2.24. The Morgan fingerprint density at radius 2 is 2.05 bits per heavy atom. The van der Waals surface area contributed by atoms with Crippen LogP contribution in [0, 0.1) is 6.92 Å². The van der Waals surface area contributed by atoms with Crippen molar-refractivity contribution >= 4 is 21.4 Å². The van der Waals surface area contributed by atoms with Crippen molar-refractivity contribution in [2.24, 2.45) is 0 Å². The third-order valence-corrected chi connectivity index (χ3v) is 7.26. The molecule has 1 aliphatic heterocycles. The Kier molecular flexibility index (Phi) is 5.19. The zero-order chi connectivity index (χ0) is 14.8. The molecule has 1 fully saturated rings. The highest BCUT2D eigenvalue weighted by atomic mass is 32.2. The van der Waals surface area contributed by atoms with Crippen molar-refractivity contribution < 1.29 is 13.5 Å². The number of sulfonamides is 1. The van der Waals surface area contributed by atoms with Crippen LogP contribution in [-0.2, 0) is 16.6 Å². The number of thiophene rings is 1. The van der Waals surface area contributed by atoms with E-state index in [4.69, 9.17) is 0 Å². The van der Waals surface area contributed by atoms with Crippen LogP contribution in [0.2, 0.25) is 0 Å². The minimum atomic E-state index is -3.43. The van der Waals surface area contributed by atoms with E-state index in [1.165, 1.54) is 17.1 Å². The van der Waals surface area contributed by atoms with Gasteiger partial charge in [0.1, 0.15) is 4.21 Å². The van der Waals surface area contributed by atoms with Crippen LogP contribution in [0.3, 0.4) is 0 Å². The molecule has 0 atom stereocenters. The number of likely N-dealkylation sites (tertiary alicyclic amines) is 1. The molecule has 20 heavy (non-hydrogen) atoms. The second-order valence-electron chi connectivity index (χ2n) is 5.21. The maximum Gasteiger partial charge on any atom is 0.252 e. The number of likely N-dealkylation sites (N-methyl/N-ethyl adjacent to an activating group) is 1. The molecule has 0 amide bonds. The van der Waals surface area contributed by atoms with Crippen molar-refractivity contribution in [1.82, 2.24) is 9.21 Å². The molecule has 0 unspecified atom stereocenters. The summed E-state index contributed by atoms with van der Waals surface area (Å²) in [4.78, 5) is 3.02. The van der Waals surface area contributed by atoms with Crippen LogP contribution in [0.1, 0.15) is 23.3 Å². The predicted octanol–water partition coefficient (Wildman–Crippen LogP) is 1.27. The van der Waals surface area contributed by atoms with Gasteiger partial charge in [-0.15, -0.1) is 11.3 Å². The minimum absolute atomic E-state index is 0.108. The smallest absolute Gasteiger partial charge is 0.252 e. The second kappa shape index (κ2) is 6.53. The van der Waals surface area contributed by atoms with Gasteiger partial charge in [0.15, 0.2) is 0 Å². The molecule has 1 aromatic heterocycles. The van der Waals surface area contributed by atoms with Crippen LogP contribution >= 0.6 is 11.3 Å². The average Bonchev–Trinajstić information content (AvgIpc) is 3.04. The first-order valence-corrected chi connectivity index (χ1v) is 9.09. The van der Waals surface area contributed by atoms with E-state index in [2.05, 4.69) is 4.90 Å². The first kappa shape index (κ1) is 15.9. The number of hydrogen-bond donors (Lipinski definition) is 1. The molecule has 0 saturated carbocycles.